The molecule has 1 aromatic carbocycles. The van der Waals surface area contributed by atoms with Crippen LogP contribution < -0.4 is 4.74 Å². The quantitative estimate of drug-likeness (QED) is 0.465. The fourth-order valence-corrected chi connectivity index (χ4v) is 3.07. The first kappa shape index (κ1) is 17.1. The van der Waals surface area contributed by atoms with Crippen LogP contribution in [0.3, 0.4) is 0 Å². The fraction of sp³-hybridized carbons (Fsp3) is 0.619. The van der Waals surface area contributed by atoms with Gasteiger partial charge in [-0.25, -0.2) is 0 Å². The maximum Gasteiger partial charge on any atom is 0.119 e. The first-order valence-electron chi connectivity index (χ1n) is 9.22. The highest BCUT2D eigenvalue weighted by atomic mass is 16.5. The molecule has 0 N–H and O–H groups in total. The smallest absolute Gasteiger partial charge is 0.119 e. The van der Waals surface area contributed by atoms with Gasteiger partial charge in [0.05, 0.1) is 6.61 Å². The molecule has 1 aliphatic rings. The Morgan fingerprint density at radius 1 is 1.00 bits per heavy atom. The number of allylic oxidation sites excluding steroid dienone is 2. The van der Waals surface area contributed by atoms with Crippen molar-refractivity contribution in [1.82, 2.24) is 0 Å². The molecule has 1 unspecified atom stereocenters. The highest BCUT2D eigenvalue weighted by Crippen LogP contribution is 2.30. The van der Waals surface area contributed by atoms with Crippen molar-refractivity contribution in [2.45, 2.75) is 71.6 Å². The monoisotopic (exact) mass is 300 g/mol. The van der Waals surface area contributed by atoms with Crippen LogP contribution in [0.25, 0.3) is 5.57 Å². The van der Waals surface area contributed by atoms with E-state index >= 15 is 0 Å². The maximum absolute atomic E-state index is 5.85. The van der Waals surface area contributed by atoms with Crippen molar-refractivity contribution in [3.8, 4) is 5.75 Å². The Kier molecular flexibility index (Phi) is 7.56. The maximum atomic E-state index is 5.85. The summed E-state index contributed by atoms with van der Waals surface area (Å²) < 4.78 is 5.85. The van der Waals surface area contributed by atoms with Gasteiger partial charge in [-0.15, -0.1) is 0 Å². The van der Waals surface area contributed by atoms with Gasteiger partial charge in [-0.3, -0.25) is 0 Å². The fourth-order valence-electron chi connectivity index (χ4n) is 3.07. The Morgan fingerprint density at radius 3 is 2.41 bits per heavy atom. The molecule has 122 valence electrons. The Balaban J connectivity index is 1.69. The van der Waals surface area contributed by atoms with Crippen molar-refractivity contribution in [3.05, 3.63) is 35.9 Å². The van der Waals surface area contributed by atoms with E-state index in [9.17, 15) is 0 Å². The molecular weight excluding hydrogens is 268 g/mol. The van der Waals surface area contributed by atoms with Crippen LogP contribution in [0.15, 0.2) is 30.3 Å². The van der Waals surface area contributed by atoms with Gasteiger partial charge in [-0.05, 0) is 54.9 Å². The second kappa shape index (κ2) is 9.71. The average Bonchev–Trinajstić information content (AvgIpc) is 2.55. The summed E-state index contributed by atoms with van der Waals surface area (Å²) in [6, 6.07) is 8.70. The minimum absolute atomic E-state index is 0.851. The summed E-state index contributed by atoms with van der Waals surface area (Å²) in [6.07, 6.45) is 14.1. The van der Waals surface area contributed by atoms with Crippen molar-refractivity contribution in [2.24, 2.45) is 5.92 Å². The predicted molar refractivity (Wildman–Crippen MR) is 96.3 cm³/mol. The lowest BCUT2D eigenvalue weighted by molar-refractivity contribution is 0.304. The second-order valence-electron chi connectivity index (χ2n) is 6.75. The molecule has 1 atom stereocenters. The summed E-state index contributed by atoms with van der Waals surface area (Å²) in [5.74, 6) is 1.87. The van der Waals surface area contributed by atoms with Gasteiger partial charge in [0, 0.05) is 0 Å². The molecule has 22 heavy (non-hydrogen) atoms. The second-order valence-corrected chi connectivity index (χ2v) is 6.75. The summed E-state index contributed by atoms with van der Waals surface area (Å²) in [5, 5.41) is 0. The molecule has 0 saturated carbocycles. The van der Waals surface area contributed by atoms with E-state index in [1.165, 1.54) is 68.9 Å². The van der Waals surface area contributed by atoms with Crippen LogP contribution in [0.4, 0.5) is 0 Å². The van der Waals surface area contributed by atoms with Crippen LogP contribution in [0, 0.1) is 5.92 Å². The van der Waals surface area contributed by atoms with Crippen LogP contribution in [-0.4, -0.2) is 6.61 Å². The molecule has 0 bridgehead atoms. The molecule has 1 aliphatic carbocycles. The van der Waals surface area contributed by atoms with Gasteiger partial charge in [-0.2, -0.15) is 0 Å². The van der Waals surface area contributed by atoms with Gasteiger partial charge in [0.25, 0.3) is 0 Å². The predicted octanol–water partition coefficient (Wildman–Crippen LogP) is 6.63. The van der Waals surface area contributed by atoms with Gasteiger partial charge in [0.2, 0.25) is 0 Å². The molecule has 0 heterocycles. The van der Waals surface area contributed by atoms with Crippen molar-refractivity contribution in [3.63, 3.8) is 0 Å². The van der Waals surface area contributed by atoms with Gasteiger partial charge in [0.15, 0.2) is 0 Å². The summed E-state index contributed by atoms with van der Waals surface area (Å²) in [5.41, 5.74) is 2.89. The van der Waals surface area contributed by atoms with Crippen LogP contribution in [-0.2, 0) is 0 Å². The summed E-state index contributed by atoms with van der Waals surface area (Å²) in [7, 11) is 0. The Labute approximate surface area is 136 Å². The number of hydrogen-bond donors (Lipinski definition) is 0. The molecule has 1 nitrogen and oxygen atoms in total. The Hall–Kier alpha value is -1.24. The third-order valence-corrected chi connectivity index (χ3v) is 4.66. The number of hydrogen-bond acceptors (Lipinski definition) is 1. The van der Waals surface area contributed by atoms with E-state index in [-0.39, 0.29) is 0 Å². The van der Waals surface area contributed by atoms with Crippen LogP contribution >= 0.6 is 0 Å². The molecule has 0 saturated heterocycles. The minimum atomic E-state index is 0.851. The molecule has 0 aromatic heterocycles. The van der Waals surface area contributed by atoms with Crippen LogP contribution in [0.5, 0.6) is 5.75 Å². The Bertz CT molecular complexity index is 443. The van der Waals surface area contributed by atoms with E-state index < -0.39 is 0 Å². The highest BCUT2D eigenvalue weighted by molar-refractivity contribution is 5.66. The van der Waals surface area contributed by atoms with E-state index in [4.69, 9.17) is 4.74 Å². The lowest BCUT2D eigenvalue weighted by Crippen LogP contribution is -2.01. The van der Waals surface area contributed by atoms with Crippen LogP contribution in [0.2, 0.25) is 0 Å². The van der Waals surface area contributed by atoms with Crippen molar-refractivity contribution >= 4 is 5.57 Å². The molecule has 1 heteroatoms. The zero-order valence-electron chi connectivity index (χ0n) is 14.4. The molecule has 0 amide bonds. The molecule has 0 aliphatic heterocycles. The van der Waals surface area contributed by atoms with Gasteiger partial charge >= 0.3 is 0 Å². The van der Waals surface area contributed by atoms with E-state index in [1.54, 1.807) is 0 Å². The zero-order chi connectivity index (χ0) is 15.6. The average molecular weight is 300 g/mol. The molecular formula is C21H32O. The number of unbranched alkanes of at least 4 members (excludes halogenated alkanes) is 5. The minimum Gasteiger partial charge on any atom is -0.494 e. The zero-order valence-corrected chi connectivity index (χ0v) is 14.4. The molecule has 2 rings (SSSR count). The first-order valence-corrected chi connectivity index (χ1v) is 9.22. The number of ether oxygens (including phenoxy) is 1. The lowest BCUT2D eigenvalue weighted by Gasteiger charge is -2.18. The first-order chi connectivity index (χ1) is 10.8. The summed E-state index contributed by atoms with van der Waals surface area (Å²) in [4.78, 5) is 0. The standard InChI is InChI=1S/C21H32O/c1-3-4-5-6-7-8-17-22-21-15-13-20(14-16-21)19-11-9-18(2)10-12-19/h11,13-16,18H,3-10,12,17H2,1-2H3. The highest BCUT2D eigenvalue weighted by Gasteiger charge is 2.11. The van der Waals surface area contributed by atoms with Gasteiger partial charge in [0.1, 0.15) is 5.75 Å². The van der Waals surface area contributed by atoms with E-state index in [0.717, 1.165) is 18.3 Å². The third-order valence-electron chi connectivity index (χ3n) is 4.66. The lowest BCUT2D eigenvalue weighted by atomic mass is 9.88. The van der Waals surface area contributed by atoms with Gasteiger partial charge < -0.3 is 4.74 Å². The SMILES string of the molecule is CCCCCCCCOc1ccc(C2=CCC(C)CC2)cc1. The van der Waals surface area contributed by atoms with Crippen molar-refractivity contribution < 1.29 is 4.74 Å². The van der Waals surface area contributed by atoms with E-state index in [2.05, 4.69) is 44.2 Å². The molecule has 1 aromatic rings. The number of benzene rings is 1. The largest absolute Gasteiger partial charge is 0.494 e. The summed E-state index contributed by atoms with van der Waals surface area (Å²) in [6.45, 7) is 5.45. The molecule has 0 fully saturated rings. The topological polar surface area (TPSA) is 9.23 Å². The van der Waals surface area contributed by atoms with Crippen LogP contribution in [0.1, 0.15) is 77.2 Å². The molecule has 0 spiro atoms. The normalized spacial score (nSPS) is 18.1. The Morgan fingerprint density at radius 2 is 1.73 bits per heavy atom. The van der Waals surface area contributed by atoms with Gasteiger partial charge in [-0.1, -0.05) is 64.2 Å². The third kappa shape index (κ3) is 5.87. The van der Waals surface area contributed by atoms with E-state index in [1.807, 2.05) is 0 Å². The van der Waals surface area contributed by atoms with Crippen molar-refractivity contribution in [1.29, 1.82) is 0 Å². The molecule has 0 radical (unpaired) electrons. The van der Waals surface area contributed by atoms with Crippen molar-refractivity contribution in [2.75, 3.05) is 6.61 Å². The van der Waals surface area contributed by atoms with E-state index in [0.29, 0.717) is 0 Å². The number of rotatable bonds is 9. The summed E-state index contributed by atoms with van der Waals surface area (Å²) >= 11 is 0.